The molecule has 0 saturated carbocycles. The van der Waals surface area contributed by atoms with Crippen molar-refractivity contribution >= 4 is 40.4 Å². The number of carbonyl (C=O) groups is 1. The summed E-state index contributed by atoms with van der Waals surface area (Å²) in [6.07, 6.45) is 0. The number of benzene rings is 1. The van der Waals surface area contributed by atoms with Crippen LogP contribution in [0.5, 0.6) is 0 Å². The number of fused-ring (bicyclic) bond motifs is 1. The second kappa shape index (κ2) is 5.51. The fourth-order valence-electron chi connectivity index (χ4n) is 2.23. The van der Waals surface area contributed by atoms with E-state index in [1.807, 2.05) is 6.07 Å². The molecule has 0 fully saturated rings. The number of hydrogen-bond acceptors (Lipinski definition) is 5. The summed E-state index contributed by atoms with van der Waals surface area (Å²) < 4.78 is 6.44. The number of aromatic amines is 1. The van der Waals surface area contributed by atoms with Gasteiger partial charge in [0.05, 0.1) is 18.0 Å². The number of aromatic nitrogens is 2. The van der Waals surface area contributed by atoms with Crippen molar-refractivity contribution in [2.45, 2.75) is 6.92 Å². The fourth-order valence-corrected chi connectivity index (χ4v) is 3.68. The van der Waals surface area contributed by atoms with Crippen LogP contribution in [0.25, 0.3) is 15.9 Å². The van der Waals surface area contributed by atoms with Crippen LogP contribution in [-0.4, -0.2) is 22.6 Å². The van der Waals surface area contributed by atoms with Crippen LogP contribution >= 0.6 is 23.6 Å². The maximum Gasteiger partial charge on any atom is 0.348 e. The predicted octanol–water partition coefficient (Wildman–Crippen LogP) is 3.20. The standard InChI is InChI=1S/C15H12N2O3S2/c1-8-7-11(22-12(8)14(19)20-2)17-13(18)9-5-3-4-6-10(9)16-15(17)21/h3-7H,1-2H3,(H,16,21). The Morgan fingerprint density at radius 1 is 1.36 bits per heavy atom. The Kier molecular flexibility index (Phi) is 3.67. The second-order valence-electron chi connectivity index (χ2n) is 4.70. The highest BCUT2D eigenvalue weighted by atomic mass is 32.1. The average molecular weight is 332 g/mol. The Bertz CT molecular complexity index is 998. The minimum atomic E-state index is -0.419. The van der Waals surface area contributed by atoms with Crippen LogP contribution in [0, 0.1) is 11.7 Å². The molecule has 0 unspecified atom stereocenters. The molecule has 0 aliphatic carbocycles. The smallest absolute Gasteiger partial charge is 0.348 e. The summed E-state index contributed by atoms with van der Waals surface area (Å²) in [6, 6.07) is 8.93. The third-order valence-electron chi connectivity index (χ3n) is 3.30. The van der Waals surface area contributed by atoms with Gasteiger partial charge in [0.2, 0.25) is 0 Å². The number of hydrogen-bond donors (Lipinski definition) is 1. The largest absolute Gasteiger partial charge is 0.465 e. The predicted molar refractivity (Wildman–Crippen MR) is 88.7 cm³/mol. The van der Waals surface area contributed by atoms with Crippen molar-refractivity contribution in [1.29, 1.82) is 0 Å². The first kappa shape index (κ1) is 14.7. The Morgan fingerprint density at radius 2 is 2.09 bits per heavy atom. The highest BCUT2D eigenvalue weighted by Crippen LogP contribution is 2.25. The van der Waals surface area contributed by atoms with Gasteiger partial charge in [-0.1, -0.05) is 12.1 Å². The average Bonchev–Trinajstić information content (AvgIpc) is 2.88. The van der Waals surface area contributed by atoms with Crippen LogP contribution in [-0.2, 0) is 4.74 Å². The van der Waals surface area contributed by atoms with Gasteiger partial charge in [0, 0.05) is 0 Å². The minimum Gasteiger partial charge on any atom is -0.465 e. The molecule has 5 nitrogen and oxygen atoms in total. The molecule has 112 valence electrons. The van der Waals surface area contributed by atoms with Gasteiger partial charge in [0.1, 0.15) is 9.88 Å². The number of esters is 1. The summed E-state index contributed by atoms with van der Waals surface area (Å²) in [5.41, 5.74) is 1.23. The molecule has 0 aliphatic rings. The molecule has 0 radical (unpaired) electrons. The number of para-hydroxylation sites is 1. The van der Waals surface area contributed by atoms with Gasteiger partial charge in [-0.05, 0) is 42.9 Å². The molecule has 0 amide bonds. The van der Waals surface area contributed by atoms with E-state index >= 15 is 0 Å². The lowest BCUT2D eigenvalue weighted by Gasteiger charge is -2.05. The first-order chi connectivity index (χ1) is 10.5. The van der Waals surface area contributed by atoms with E-state index in [-0.39, 0.29) is 5.56 Å². The minimum absolute atomic E-state index is 0.211. The number of carbonyl (C=O) groups excluding carboxylic acids is 1. The number of aryl methyl sites for hydroxylation is 1. The number of methoxy groups -OCH3 is 1. The van der Waals surface area contributed by atoms with Gasteiger partial charge in [-0.3, -0.25) is 4.79 Å². The third-order valence-corrected chi connectivity index (χ3v) is 4.79. The van der Waals surface area contributed by atoms with Gasteiger partial charge in [-0.2, -0.15) is 0 Å². The first-order valence-corrected chi connectivity index (χ1v) is 7.68. The van der Waals surface area contributed by atoms with E-state index in [1.54, 1.807) is 31.2 Å². The van der Waals surface area contributed by atoms with E-state index in [0.29, 0.717) is 25.6 Å². The van der Waals surface area contributed by atoms with Crippen LogP contribution in [0.4, 0.5) is 0 Å². The van der Waals surface area contributed by atoms with Gasteiger partial charge >= 0.3 is 5.97 Å². The number of H-pyrrole nitrogens is 1. The second-order valence-corrected chi connectivity index (χ2v) is 6.12. The highest BCUT2D eigenvalue weighted by molar-refractivity contribution is 7.71. The molecule has 7 heteroatoms. The molecular weight excluding hydrogens is 320 g/mol. The maximum absolute atomic E-state index is 12.7. The van der Waals surface area contributed by atoms with E-state index in [2.05, 4.69) is 4.98 Å². The molecule has 1 N–H and O–H groups in total. The van der Waals surface area contributed by atoms with Gasteiger partial charge in [-0.15, -0.1) is 11.3 Å². The molecule has 2 heterocycles. The molecule has 0 aliphatic heterocycles. The monoisotopic (exact) mass is 332 g/mol. The zero-order chi connectivity index (χ0) is 15.9. The quantitative estimate of drug-likeness (QED) is 0.578. The number of nitrogens with one attached hydrogen (secondary N) is 1. The van der Waals surface area contributed by atoms with E-state index < -0.39 is 5.97 Å². The molecular formula is C15H12N2O3S2. The molecule has 3 aromatic rings. The SMILES string of the molecule is COC(=O)c1sc(-n2c(=S)[nH]c3ccccc3c2=O)cc1C. The van der Waals surface area contributed by atoms with Gasteiger partial charge < -0.3 is 9.72 Å². The van der Waals surface area contributed by atoms with Crippen LogP contribution in [0.3, 0.4) is 0 Å². The zero-order valence-corrected chi connectivity index (χ0v) is 13.5. The summed E-state index contributed by atoms with van der Waals surface area (Å²) in [7, 11) is 1.33. The van der Waals surface area contributed by atoms with Crippen molar-refractivity contribution in [2.24, 2.45) is 0 Å². The van der Waals surface area contributed by atoms with Crippen molar-refractivity contribution < 1.29 is 9.53 Å². The summed E-state index contributed by atoms with van der Waals surface area (Å²) in [4.78, 5) is 27.9. The van der Waals surface area contributed by atoms with Crippen molar-refractivity contribution in [3.63, 3.8) is 0 Å². The van der Waals surface area contributed by atoms with Crippen molar-refractivity contribution in [3.8, 4) is 5.00 Å². The van der Waals surface area contributed by atoms with Crippen LogP contribution in [0.2, 0.25) is 0 Å². The maximum atomic E-state index is 12.7. The molecule has 3 rings (SSSR count). The molecule has 0 atom stereocenters. The summed E-state index contributed by atoms with van der Waals surface area (Å²) >= 11 is 6.48. The van der Waals surface area contributed by atoms with E-state index in [1.165, 1.54) is 23.0 Å². The van der Waals surface area contributed by atoms with Crippen LogP contribution < -0.4 is 5.56 Å². The van der Waals surface area contributed by atoms with Crippen molar-refractivity contribution in [1.82, 2.24) is 9.55 Å². The lowest BCUT2D eigenvalue weighted by molar-refractivity contribution is 0.0605. The number of nitrogens with zero attached hydrogens (tertiary/aromatic N) is 1. The van der Waals surface area contributed by atoms with Gasteiger partial charge in [0.25, 0.3) is 5.56 Å². The normalized spacial score (nSPS) is 10.8. The van der Waals surface area contributed by atoms with E-state index in [9.17, 15) is 9.59 Å². The van der Waals surface area contributed by atoms with Gasteiger partial charge in [0.15, 0.2) is 4.77 Å². The van der Waals surface area contributed by atoms with Crippen molar-refractivity contribution in [2.75, 3.05) is 7.11 Å². The Hall–Kier alpha value is -2.25. The lowest BCUT2D eigenvalue weighted by atomic mass is 10.2. The topological polar surface area (TPSA) is 64.1 Å². The lowest BCUT2D eigenvalue weighted by Crippen LogP contribution is -2.19. The molecule has 1 aromatic carbocycles. The molecule has 0 spiro atoms. The first-order valence-electron chi connectivity index (χ1n) is 6.46. The van der Waals surface area contributed by atoms with Crippen LogP contribution in [0.15, 0.2) is 35.1 Å². The number of rotatable bonds is 2. The zero-order valence-electron chi connectivity index (χ0n) is 11.9. The Balaban J connectivity index is 2.30. The fraction of sp³-hybridized carbons (Fsp3) is 0.133. The highest BCUT2D eigenvalue weighted by Gasteiger charge is 2.17. The summed E-state index contributed by atoms with van der Waals surface area (Å²) in [6.45, 7) is 1.80. The van der Waals surface area contributed by atoms with Gasteiger partial charge in [-0.25, -0.2) is 9.36 Å². The summed E-state index contributed by atoms with van der Waals surface area (Å²) in [5.74, 6) is -0.419. The Morgan fingerprint density at radius 3 is 2.82 bits per heavy atom. The summed E-state index contributed by atoms with van der Waals surface area (Å²) in [5, 5.41) is 1.14. The molecule has 2 aromatic heterocycles. The van der Waals surface area contributed by atoms with Crippen molar-refractivity contribution in [3.05, 3.63) is 55.9 Å². The third kappa shape index (κ3) is 2.28. The van der Waals surface area contributed by atoms with E-state index in [0.717, 1.165) is 5.56 Å². The Labute approximate surface area is 134 Å². The number of ether oxygens (including phenoxy) is 1. The molecule has 0 bridgehead atoms. The number of thiophene rings is 1. The van der Waals surface area contributed by atoms with E-state index in [4.69, 9.17) is 17.0 Å². The van der Waals surface area contributed by atoms with Crippen LogP contribution in [0.1, 0.15) is 15.2 Å². The molecule has 0 saturated heterocycles. The molecule has 22 heavy (non-hydrogen) atoms.